The van der Waals surface area contributed by atoms with Crippen LogP contribution in [0.4, 0.5) is 13.6 Å². The molecule has 31 heavy (non-hydrogen) atoms. The first-order valence-electron chi connectivity index (χ1n) is 10.0. The second-order valence-electron chi connectivity index (χ2n) is 7.15. The Morgan fingerprint density at radius 3 is 2.23 bits per heavy atom. The van der Waals surface area contributed by atoms with Gasteiger partial charge in [-0.2, -0.15) is 0 Å². The Hall–Kier alpha value is -3.49. The van der Waals surface area contributed by atoms with Crippen LogP contribution in [0.15, 0.2) is 48.5 Å². The molecule has 0 spiro atoms. The van der Waals surface area contributed by atoms with Crippen molar-refractivity contribution in [2.24, 2.45) is 0 Å². The number of carbonyl (C=O) groups excluding carboxylic acids is 3. The highest BCUT2D eigenvalue weighted by molar-refractivity contribution is 5.94. The summed E-state index contributed by atoms with van der Waals surface area (Å²) in [5, 5.41) is 5.39. The molecule has 2 aromatic rings. The summed E-state index contributed by atoms with van der Waals surface area (Å²) in [5.41, 5.74) is 0.596. The summed E-state index contributed by atoms with van der Waals surface area (Å²) >= 11 is 0. The smallest absolute Gasteiger partial charge is 0.317 e. The van der Waals surface area contributed by atoms with Crippen LogP contribution in [-0.2, 0) is 11.2 Å². The molecule has 7 nitrogen and oxygen atoms in total. The molecule has 164 valence electrons. The molecule has 0 atom stereocenters. The highest BCUT2D eigenvalue weighted by atomic mass is 19.1. The summed E-state index contributed by atoms with van der Waals surface area (Å²) in [6.07, 6.45) is 0.0592. The number of urea groups is 1. The Balaban J connectivity index is 1.35. The molecule has 0 saturated carbocycles. The minimum absolute atomic E-state index is 0.0226. The van der Waals surface area contributed by atoms with Crippen molar-refractivity contribution in [1.29, 1.82) is 0 Å². The highest BCUT2D eigenvalue weighted by Crippen LogP contribution is 2.12. The van der Waals surface area contributed by atoms with E-state index in [1.54, 1.807) is 23.1 Å². The molecule has 0 unspecified atom stereocenters. The van der Waals surface area contributed by atoms with E-state index >= 15 is 0 Å². The van der Waals surface area contributed by atoms with Gasteiger partial charge >= 0.3 is 6.03 Å². The number of rotatable bonds is 6. The minimum atomic E-state index is -0.563. The van der Waals surface area contributed by atoms with Crippen molar-refractivity contribution >= 4 is 17.8 Å². The topological polar surface area (TPSA) is 81.8 Å². The molecule has 0 aliphatic carbocycles. The van der Waals surface area contributed by atoms with E-state index in [2.05, 4.69) is 10.6 Å². The number of carbonyl (C=O) groups is 3. The van der Waals surface area contributed by atoms with Crippen LogP contribution >= 0.6 is 0 Å². The molecule has 1 saturated heterocycles. The van der Waals surface area contributed by atoms with Gasteiger partial charge in [-0.15, -0.1) is 0 Å². The first-order chi connectivity index (χ1) is 14.9. The fourth-order valence-electron chi connectivity index (χ4n) is 3.30. The summed E-state index contributed by atoms with van der Waals surface area (Å²) in [5.74, 6) is -1.61. The zero-order valence-corrected chi connectivity index (χ0v) is 16.9. The van der Waals surface area contributed by atoms with E-state index in [-0.39, 0.29) is 42.9 Å². The predicted octanol–water partition coefficient (Wildman–Crippen LogP) is 1.79. The first kappa shape index (κ1) is 22.2. The van der Waals surface area contributed by atoms with Crippen LogP contribution < -0.4 is 10.6 Å². The van der Waals surface area contributed by atoms with Crippen LogP contribution in [0.25, 0.3) is 0 Å². The maximum Gasteiger partial charge on any atom is 0.317 e. The summed E-state index contributed by atoms with van der Waals surface area (Å²) in [7, 11) is 0. The van der Waals surface area contributed by atoms with Crippen LogP contribution in [0.5, 0.6) is 0 Å². The maximum absolute atomic E-state index is 13.8. The third-order valence-electron chi connectivity index (χ3n) is 4.94. The van der Waals surface area contributed by atoms with Crippen molar-refractivity contribution in [3.8, 4) is 0 Å². The van der Waals surface area contributed by atoms with Crippen LogP contribution in [0.1, 0.15) is 15.9 Å². The Labute approximate surface area is 179 Å². The Morgan fingerprint density at radius 1 is 0.839 bits per heavy atom. The van der Waals surface area contributed by atoms with Gasteiger partial charge in [0.25, 0.3) is 5.91 Å². The summed E-state index contributed by atoms with van der Waals surface area (Å²) in [4.78, 5) is 39.7. The molecule has 4 amide bonds. The first-order valence-corrected chi connectivity index (χ1v) is 10.0. The number of halogens is 2. The lowest BCUT2D eigenvalue weighted by molar-refractivity contribution is -0.120. The zero-order valence-electron chi connectivity index (χ0n) is 16.9. The molecule has 1 heterocycles. The number of hydrogen-bond acceptors (Lipinski definition) is 3. The average Bonchev–Trinajstić information content (AvgIpc) is 2.76. The van der Waals surface area contributed by atoms with Crippen LogP contribution in [0, 0.1) is 11.6 Å². The zero-order chi connectivity index (χ0) is 22.2. The molecule has 3 rings (SSSR count). The van der Waals surface area contributed by atoms with Crippen LogP contribution in [-0.4, -0.2) is 66.9 Å². The van der Waals surface area contributed by atoms with Crippen molar-refractivity contribution in [3.63, 3.8) is 0 Å². The minimum Gasteiger partial charge on any atom is -0.354 e. The number of nitrogens with zero attached hydrogens (tertiary/aromatic N) is 2. The van der Waals surface area contributed by atoms with Crippen LogP contribution in [0.3, 0.4) is 0 Å². The van der Waals surface area contributed by atoms with Gasteiger partial charge in [0.1, 0.15) is 11.6 Å². The van der Waals surface area contributed by atoms with E-state index in [9.17, 15) is 23.2 Å². The van der Waals surface area contributed by atoms with Crippen molar-refractivity contribution in [3.05, 3.63) is 71.3 Å². The number of piperazine rings is 1. The monoisotopic (exact) mass is 430 g/mol. The molecular weight excluding hydrogens is 406 g/mol. The highest BCUT2D eigenvalue weighted by Gasteiger charge is 2.25. The van der Waals surface area contributed by atoms with E-state index in [0.717, 1.165) is 0 Å². The molecule has 1 aliphatic rings. The fourth-order valence-corrected chi connectivity index (χ4v) is 3.30. The molecule has 0 bridgehead atoms. The molecule has 9 heteroatoms. The van der Waals surface area contributed by atoms with Gasteiger partial charge in [-0.3, -0.25) is 9.59 Å². The molecular formula is C22H24F2N4O3. The molecule has 0 radical (unpaired) electrons. The molecule has 1 aliphatic heterocycles. The van der Waals surface area contributed by atoms with Gasteiger partial charge in [0, 0.05) is 39.3 Å². The summed E-state index contributed by atoms with van der Waals surface area (Å²) < 4.78 is 26.9. The van der Waals surface area contributed by atoms with E-state index in [1.807, 2.05) is 0 Å². The lowest BCUT2D eigenvalue weighted by atomic mass is 10.1. The SMILES string of the molecule is O=C(Cc1cccc(F)c1)NCCNC(=O)N1CCN(C(=O)c2ccccc2F)CC1. The third-order valence-corrected chi connectivity index (χ3v) is 4.94. The lowest BCUT2D eigenvalue weighted by Gasteiger charge is -2.34. The summed E-state index contributed by atoms with van der Waals surface area (Å²) in [6, 6.07) is 11.4. The number of nitrogens with one attached hydrogen (secondary N) is 2. The molecule has 1 fully saturated rings. The maximum atomic E-state index is 13.8. The van der Waals surface area contributed by atoms with E-state index in [0.29, 0.717) is 31.7 Å². The Morgan fingerprint density at radius 2 is 1.52 bits per heavy atom. The quantitative estimate of drug-likeness (QED) is 0.686. The van der Waals surface area contributed by atoms with E-state index < -0.39 is 11.6 Å². The van der Waals surface area contributed by atoms with Crippen molar-refractivity contribution in [2.75, 3.05) is 39.3 Å². The van der Waals surface area contributed by atoms with Gasteiger partial charge in [0.2, 0.25) is 5.91 Å². The van der Waals surface area contributed by atoms with E-state index in [4.69, 9.17) is 0 Å². The normalized spacial score (nSPS) is 13.6. The largest absolute Gasteiger partial charge is 0.354 e. The van der Waals surface area contributed by atoms with Crippen molar-refractivity contribution in [1.82, 2.24) is 20.4 Å². The standard InChI is InChI=1S/C22H24F2N4O3/c23-17-5-3-4-16(14-17)15-20(29)25-8-9-26-22(31)28-12-10-27(11-13-28)21(30)18-6-1-2-7-19(18)24/h1-7,14H,8-13,15H2,(H,25,29)(H,26,31). The molecule has 2 aromatic carbocycles. The second kappa shape index (κ2) is 10.5. The van der Waals surface area contributed by atoms with Crippen molar-refractivity contribution < 1.29 is 23.2 Å². The predicted molar refractivity (Wildman–Crippen MR) is 110 cm³/mol. The van der Waals surface area contributed by atoms with Gasteiger partial charge in [0.15, 0.2) is 0 Å². The molecule has 2 N–H and O–H groups in total. The number of hydrogen-bond donors (Lipinski definition) is 2. The van der Waals surface area contributed by atoms with Gasteiger partial charge in [0.05, 0.1) is 12.0 Å². The average molecular weight is 430 g/mol. The van der Waals surface area contributed by atoms with Gasteiger partial charge in [-0.1, -0.05) is 24.3 Å². The summed E-state index contributed by atoms with van der Waals surface area (Å²) in [6.45, 7) is 1.76. The Kier molecular flexibility index (Phi) is 7.53. The van der Waals surface area contributed by atoms with E-state index in [1.165, 1.54) is 35.2 Å². The van der Waals surface area contributed by atoms with Gasteiger partial charge in [-0.05, 0) is 29.8 Å². The lowest BCUT2D eigenvalue weighted by Crippen LogP contribution is -2.53. The number of benzene rings is 2. The van der Waals surface area contributed by atoms with Gasteiger partial charge in [-0.25, -0.2) is 13.6 Å². The van der Waals surface area contributed by atoms with Crippen LogP contribution in [0.2, 0.25) is 0 Å². The molecule has 0 aromatic heterocycles. The van der Waals surface area contributed by atoms with Crippen molar-refractivity contribution in [2.45, 2.75) is 6.42 Å². The number of amides is 4. The fraction of sp³-hybridized carbons (Fsp3) is 0.318. The van der Waals surface area contributed by atoms with Gasteiger partial charge < -0.3 is 20.4 Å². The second-order valence-corrected chi connectivity index (χ2v) is 7.15. The Bertz CT molecular complexity index is 946. The third kappa shape index (κ3) is 6.24.